The third kappa shape index (κ3) is 6.93. The van der Waals surface area contributed by atoms with Crippen molar-refractivity contribution in [2.45, 2.75) is 6.18 Å². The molecule has 0 aliphatic heterocycles. The zero-order valence-corrected chi connectivity index (χ0v) is 17.2. The number of ether oxygens (including phenoxy) is 1. The van der Waals surface area contributed by atoms with Crippen LogP contribution < -0.4 is 10.6 Å². The standard InChI is InChI=1S/C24H19F3N2O4/c25-24(26,27)19-7-4-8-20(13-19)29-21(30)15-33-22(31)14-28-23(32)18-11-9-17(10-12-18)16-5-2-1-3-6-16/h1-13H,14-15H2,(H,28,32)(H,29,30). The molecule has 0 saturated heterocycles. The summed E-state index contributed by atoms with van der Waals surface area (Å²) in [6.07, 6.45) is -4.55. The van der Waals surface area contributed by atoms with Crippen LogP contribution in [0.5, 0.6) is 0 Å². The second kappa shape index (κ2) is 10.4. The topological polar surface area (TPSA) is 84.5 Å². The van der Waals surface area contributed by atoms with Crippen molar-refractivity contribution in [3.05, 3.63) is 90.0 Å². The zero-order valence-electron chi connectivity index (χ0n) is 17.2. The van der Waals surface area contributed by atoms with Crippen molar-refractivity contribution in [1.82, 2.24) is 5.32 Å². The van der Waals surface area contributed by atoms with Gasteiger partial charge < -0.3 is 15.4 Å². The van der Waals surface area contributed by atoms with E-state index in [0.29, 0.717) is 5.56 Å². The van der Waals surface area contributed by atoms with E-state index < -0.39 is 42.7 Å². The number of esters is 1. The van der Waals surface area contributed by atoms with Crippen molar-refractivity contribution in [3.63, 3.8) is 0 Å². The van der Waals surface area contributed by atoms with Crippen molar-refractivity contribution in [1.29, 1.82) is 0 Å². The molecule has 0 aliphatic rings. The normalized spacial score (nSPS) is 10.9. The Hall–Kier alpha value is -4.14. The number of carbonyl (C=O) groups excluding carboxylic acids is 3. The summed E-state index contributed by atoms with van der Waals surface area (Å²) in [6.45, 7) is -1.19. The molecule has 3 rings (SSSR count). The number of alkyl halides is 3. The highest BCUT2D eigenvalue weighted by atomic mass is 19.4. The molecule has 2 N–H and O–H groups in total. The molecule has 6 nitrogen and oxygen atoms in total. The molecule has 0 bridgehead atoms. The lowest BCUT2D eigenvalue weighted by Crippen LogP contribution is -2.32. The first-order chi connectivity index (χ1) is 15.7. The molecule has 2 amide bonds. The molecule has 0 aliphatic carbocycles. The lowest BCUT2D eigenvalue weighted by Gasteiger charge is -2.10. The highest BCUT2D eigenvalue weighted by Gasteiger charge is 2.30. The Balaban J connectivity index is 1.44. The van der Waals surface area contributed by atoms with E-state index >= 15 is 0 Å². The molecule has 3 aromatic carbocycles. The maximum Gasteiger partial charge on any atom is 0.416 e. The van der Waals surface area contributed by atoms with Crippen LogP contribution in [0.15, 0.2) is 78.9 Å². The molecule has 3 aromatic rings. The van der Waals surface area contributed by atoms with Gasteiger partial charge in [0, 0.05) is 11.3 Å². The van der Waals surface area contributed by atoms with E-state index in [1.807, 2.05) is 30.3 Å². The van der Waals surface area contributed by atoms with Gasteiger partial charge in [-0.1, -0.05) is 48.5 Å². The molecular formula is C24H19F3N2O4. The molecule has 170 valence electrons. The van der Waals surface area contributed by atoms with Gasteiger partial charge in [0.05, 0.1) is 5.56 Å². The number of nitrogens with one attached hydrogen (secondary N) is 2. The van der Waals surface area contributed by atoms with Gasteiger partial charge in [-0.05, 0) is 41.5 Å². The van der Waals surface area contributed by atoms with Gasteiger partial charge in [-0.25, -0.2) is 0 Å². The lowest BCUT2D eigenvalue weighted by molar-refractivity contribution is -0.146. The summed E-state index contributed by atoms with van der Waals surface area (Å²) in [5.74, 6) is -2.19. The fraction of sp³-hybridized carbons (Fsp3) is 0.125. The predicted octanol–water partition coefficient (Wildman–Crippen LogP) is 4.28. The van der Waals surface area contributed by atoms with Crippen molar-refractivity contribution >= 4 is 23.5 Å². The minimum absolute atomic E-state index is 0.0851. The Morgan fingerprint density at radius 2 is 1.48 bits per heavy atom. The zero-order chi connectivity index (χ0) is 23.8. The minimum Gasteiger partial charge on any atom is -0.454 e. The predicted molar refractivity (Wildman–Crippen MR) is 115 cm³/mol. The number of halogens is 3. The maximum absolute atomic E-state index is 12.7. The summed E-state index contributed by atoms with van der Waals surface area (Å²) in [7, 11) is 0. The van der Waals surface area contributed by atoms with E-state index in [-0.39, 0.29) is 5.69 Å². The SMILES string of the molecule is O=C(COC(=O)CNC(=O)c1ccc(-c2ccccc2)cc1)Nc1cccc(C(F)(F)F)c1. The Kier molecular flexibility index (Phi) is 7.45. The van der Waals surface area contributed by atoms with Crippen LogP contribution in [0.3, 0.4) is 0 Å². The first-order valence-electron chi connectivity index (χ1n) is 9.79. The third-order valence-corrected chi connectivity index (χ3v) is 4.49. The van der Waals surface area contributed by atoms with Crippen molar-refractivity contribution in [2.24, 2.45) is 0 Å². The van der Waals surface area contributed by atoms with E-state index in [4.69, 9.17) is 4.74 Å². The Labute approximate surface area is 187 Å². The quantitative estimate of drug-likeness (QED) is 0.520. The van der Waals surface area contributed by atoms with E-state index in [2.05, 4.69) is 10.6 Å². The number of amides is 2. The maximum atomic E-state index is 12.7. The van der Waals surface area contributed by atoms with Crippen LogP contribution in [0.2, 0.25) is 0 Å². The molecule has 0 fully saturated rings. The van der Waals surface area contributed by atoms with Gasteiger partial charge in [0.15, 0.2) is 6.61 Å². The van der Waals surface area contributed by atoms with Crippen LogP contribution in [0.25, 0.3) is 11.1 Å². The van der Waals surface area contributed by atoms with Crippen LogP contribution in [-0.2, 0) is 20.5 Å². The second-order valence-electron chi connectivity index (χ2n) is 6.91. The summed E-state index contributed by atoms with van der Waals surface area (Å²) >= 11 is 0. The second-order valence-corrected chi connectivity index (χ2v) is 6.91. The molecule has 0 unspecified atom stereocenters. The number of anilines is 1. The van der Waals surface area contributed by atoms with Crippen molar-refractivity contribution in [3.8, 4) is 11.1 Å². The Bertz CT molecular complexity index is 1130. The minimum atomic E-state index is -4.55. The highest BCUT2D eigenvalue weighted by Crippen LogP contribution is 2.30. The fourth-order valence-electron chi connectivity index (χ4n) is 2.87. The van der Waals surface area contributed by atoms with Gasteiger partial charge in [0.25, 0.3) is 11.8 Å². The average Bonchev–Trinajstić information content (AvgIpc) is 2.81. The Morgan fingerprint density at radius 1 is 0.818 bits per heavy atom. The summed E-state index contributed by atoms with van der Waals surface area (Å²) in [4.78, 5) is 35.8. The van der Waals surface area contributed by atoms with Crippen LogP contribution in [-0.4, -0.2) is 30.9 Å². The molecule has 0 radical (unpaired) electrons. The van der Waals surface area contributed by atoms with Crippen LogP contribution in [0.4, 0.5) is 18.9 Å². The number of hydrogen-bond acceptors (Lipinski definition) is 4. The van der Waals surface area contributed by atoms with Gasteiger partial charge in [0.2, 0.25) is 0 Å². The van der Waals surface area contributed by atoms with Crippen LogP contribution in [0.1, 0.15) is 15.9 Å². The van der Waals surface area contributed by atoms with E-state index in [0.717, 1.165) is 29.3 Å². The third-order valence-electron chi connectivity index (χ3n) is 4.49. The fourth-order valence-corrected chi connectivity index (χ4v) is 2.87. The molecular weight excluding hydrogens is 437 g/mol. The molecule has 33 heavy (non-hydrogen) atoms. The van der Waals surface area contributed by atoms with E-state index in [9.17, 15) is 27.6 Å². The van der Waals surface area contributed by atoms with Gasteiger partial charge in [-0.15, -0.1) is 0 Å². The molecule has 0 spiro atoms. The monoisotopic (exact) mass is 456 g/mol. The Morgan fingerprint density at radius 3 is 2.15 bits per heavy atom. The smallest absolute Gasteiger partial charge is 0.416 e. The molecule has 0 heterocycles. The van der Waals surface area contributed by atoms with Gasteiger partial charge in [-0.2, -0.15) is 13.2 Å². The molecule has 0 saturated carbocycles. The van der Waals surface area contributed by atoms with E-state index in [1.54, 1.807) is 24.3 Å². The van der Waals surface area contributed by atoms with Gasteiger partial charge in [0.1, 0.15) is 6.54 Å². The molecule has 9 heteroatoms. The summed E-state index contributed by atoms with van der Waals surface area (Å²) in [5.41, 5.74) is 1.26. The summed E-state index contributed by atoms with van der Waals surface area (Å²) < 4.78 is 42.9. The number of carbonyl (C=O) groups is 3. The largest absolute Gasteiger partial charge is 0.454 e. The van der Waals surface area contributed by atoms with Crippen LogP contribution in [0, 0.1) is 0 Å². The van der Waals surface area contributed by atoms with Gasteiger partial charge in [-0.3, -0.25) is 14.4 Å². The average molecular weight is 456 g/mol. The molecule has 0 aromatic heterocycles. The van der Waals surface area contributed by atoms with E-state index in [1.165, 1.54) is 6.07 Å². The first kappa shape index (κ1) is 23.5. The highest BCUT2D eigenvalue weighted by molar-refractivity contribution is 5.97. The van der Waals surface area contributed by atoms with Crippen molar-refractivity contribution in [2.75, 3.05) is 18.5 Å². The molecule has 0 atom stereocenters. The summed E-state index contributed by atoms with van der Waals surface area (Å²) in [6, 6.07) is 20.4. The summed E-state index contributed by atoms with van der Waals surface area (Å²) in [5, 5.41) is 4.60. The number of benzene rings is 3. The lowest BCUT2D eigenvalue weighted by atomic mass is 10.0. The number of hydrogen-bond donors (Lipinski definition) is 2. The van der Waals surface area contributed by atoms with Gasteiger partial charge >= 0.3 is 12.1 Å². The van der Waals surface area contributed by atoms with Crippen LogP contribution >= 0.6 is 0 Å². The van der Waals surface area contributed by atoms with Crippen molar-refractivity contribution < 1.29 is 32.3 Å². The number of rotatable bonds is 7. The first-order valence-corrected chi connectivity index (χ1v) is 9.79.